The van der Waals surface area contributed by atoms with Gasteiger partial charge in [0.15, 0.2) is 10.3 Å². The third kappa shape index (κ3) is 1.98. The molecule has 0 amide bonds. The van der Waals surface area contributed by atoms with Crippen LogP contribution in [0.4, 0.5) is 0 Å². The van der Waals surface area contributed by atoms with Crippen molar-refractivity contribution in [2.75, 3.05) is 0 Å². The molecular weight excluding hydrogens is 319 g/mol. The van der Waals surface area contributed by atoms with Gasteiger partial charge < -0.3 is 5.11 Å². The molecule has 0 fully saturated rings. The summed E-state index contributed by atoms with van der Waals surface area (Å²) in [4.78, 5) is 18.8. The van der Waals surface area contributed by atoms with Crippen molar-refractivity contribution in [3.05, 3.63) is 32.5 Å². The Balaban J connectivity index is 2.82. The first kappa shape index (κ1) is 11.6. The Morgan fingerprint density at radius 3 is 2.50 bits per heavy atom. The van der Waals surface area contributed by atoms with Crippen LogP contribution in [-0.4, -0.2) is 21.0 Å². The molecule has 16 heavy (non-hydrogen) atoms. The average molecular weight is 322 g/mol. The predicted molar refractivity (Wildman–Crippen MR) is 64.2 cm³/mol. The number of hydrogen-bond donors (Lipinski definition) is 1. The van der Waals surface area contributed by atoms with Gasteiger partial charge in [-0.3, -0.25) is 0 Å². The molecule has 1 aromatic carbocycles. The Morgan fingerprint density at radius 2 is 1.88 bits per heavy atom. The molecule has 1 heterocycles. The van der Waals surface area contributed by atoms with E-state index in [1.807, 2.05) is 0 Å². The number of carboxylic acids is 1. The van der Waals surface area contributed by atoms with E-state index in [4.69, 9.17) is 28.3 Å². The lowest BCUT2D eigenvalue weighted by Gasteiger charge is -2.03. The molecule has 2 rings (SSSR count). The summed E-state index contributed by atoms with van der Waals surface area (Å²) in [6.45, 7) is 0. The molecule has 0 aliphatic heterocycles. The van der Waals surface area contributed by atoms with E-state index in [0.29, 0.717) is 15.5 Å². The molecule has 0 radical (unpaired) electrons. The third-order valence-electron chi connectivity index (χ3n) is 1.89. The highest BCUT2D eigenvalue weighted by Crippen LogP contribution is 2.27. The average Bonchev–Trinajstić information content (AvgIpc) is 2.20. The Kier molecular flexibility index (Phi) is 3.01. The molecule has 0 aliphatic rings. The minimum atomic E-state index is -1.05. The summed E-state index contributed by atoms with van der Waals surface area (Å²) in [6, 6.07) is 2.82. The van der Waals surface area contributed by atoms with Crippen LogP contribution in [0.15, 0.2) is 16.6 Å². The van der Waals surface area contributed by atoms with E-state index in [9.17, 15) is 4.79 Å². The van der Waals surface area contributed by atoms with Gasteiger partial charge in [-0.05, 0) is 28.1 Å². The fraction of sp³-hybridized carbons (Fsp3) is 0. The van der Waals surface area contributed by atoms with Crippen molar-refractivity contribution in [2.45, 2.75) is 0 Å². The number of benzene rings is 1. The van der Waals surface area contributed by atoms with Crippen molar-refractivity contribution < 1.29 is 9.90 Å². The molecular formula is C9H3BrCl2N2O2. The number of aromatic nitrogens is 2. The second-order valence-electron chi connectivity index (χ2n) is 2.94. The van der Waals surface area contributed by atoms with Gasteiger partial charge in [0.05, 0.1) is 11.1 Å². The Bertz CT molecular complexity index is 604. The van der Waals surface area contributed by atoms with Crippen LogP contribution in [0, 0.1) is 0 Å². The quantitative estimate of drug-likeness (QED) is 0.874. The highest BCUT2D eigenvalue weighted by Gasteiger charge is 2.12. The lowest BCUT2D eigenvalue weighted by atomic mass is 10.2. The molecule has 7 heteroatoms. The van der Waals surface area contributed by atoms with Crippen LogP contribution in [0.5, 0.6) is 0 Å². The second-order valence-corrected chi connectivity index (χ2v) is 4.51. The fourth-order valence-corrected chi connectivity index (χ4v) is 2.00. The zero-order valence-corrected chi connectivity index (χ0v) is 10.6. The molecule has 82 valence electrons. The summed E-state index contributed by atoms with van der Waals surface area (Å²) < 4.78 is 0.508. The van der Waals surface area contributed by atoms with Gasteiger partial charge in [-0.15, -0.1) is 0 Å². The molecule has 0 aliphatic carbocycles. The van der Waals surface area contributed by atoms with Gasteiger partial charge in [0.1, 0.15) is 5.52 Å². The van der Waals surface area contributed by atoms with Gasteiger partial charge in [-0.2, -0.15) is 0 Å². The van der Waals surface area contributed by atoms with Crippen molar-refractivity contribution in [2.24, 2.45) is 0 Å². The first-order chi connectivity index (χ1) is 7.49. The molecule has 1 aromatic heterocycles. The van der Waals surface area contributed by atoms with E-state index < -0.39 is 5.97 Å². The summed E-state index contributed by atoms with van der Waals surface area (Å²) >= 11 is 14.6. The maximum Gasteiger partial charge on any atom is 0.335 e. The van der Waals surface area contributed by atoms with Crippen molar-refractivity contribution in [3.8, 4) is 0 Å². The van der Waals surface area contributed by atoms with Crippen molar-refractivity contribution in [1.29, 1.82) is 0 Å². The number of carbonyl (C=O) groups is 1. The smallest absolute Gasteiger partial charge is 0.335 e. The first-order valence-corrected chi connectivity index (χ1v) is 5.59. The minimum Gasteiger partial charge on any atom is -0.478 e. The van der Waals surface area contributed by atoms with Crippen molar-refractivity contribution in [3.63, 3.8) is 0 Å². The summed E-state index contributed by atoms with van der Waals surface area (Å²) in [5.74, 6) is -1.05. The molecule has 0 saturated carbocycles. The number of halogens is 3. The van der Waals surface area contributed by atoms with E-state index in [2.05, 4.69) is 25.9 Å². The van der Waals surface area contributed by atoms with Crippen molar-refractivity contribution in [1.82, 2.24) is 9.97 Å². The second kappa shape index (κ2) is 4.16. The van der Waals surface area contributed by atoms with E-state index >= 15 is 0 Å². The molecule has 0 saturated heterocycles. The summed E-state index contributed by atoms with van der Waals surface area (Å²) in [5.41, 5.74) is 0.952. The van der Waals surface area contributed by atoms with E-state index in [1.165, 1.54) is 12.1 Å². The normalized spacial score (nSPS) is 10.7. The van der Waals surface area contributed by atoms with Crippen LogP contribution >= 0.6 is 39.1 Å². The van der Waals surface area contributed by atoms with Crippen LogP contribution in [0.3, 0.4) is 0 Å². The van der Waals surface area contributed by atoms with Crippen LogP contribution in [0.25, 0.3) is 11.0 Å². The van der Waals surface area contributed by atoms with Gasteiger partial charge >= 0.3 is 5.97 Å². The number of fused-ring (bicyclic) bond motifs is 1. The number of carboxylic acid groups (broad SMARTS) is 1. The maximum atomic E-state index is 10.8. The largest absolute Gasteiger partial charge is 0.478 e. The standard InChI is InChI=1S/C9H3BrCl2N2O2/c10-4-1-3(9(15)16)2-5-6(4)14-8(12)7(11)13-5/h1-2H,(H,15,16). The van der Waals surface area contributed by atoms with Crippen LogP contribution in [0.2, 0.25) is 10.3 Å². The van der Waals surface area contributed by atoms with E-state index in [0.717, 1.165) is 0 Å². The predicted octanol–water partition coefficient (Wildman–Crippen LogP) is 3.40. The molecule has 0 unspecified atom stereocenters. The molecule has 2 aromatic rings. The molecule has 1 N–H and O–H groups in total. The zero-order valence-electron chi connectivity index (χ0n) is 7.54. The topological polar surface area (TPSA) is 63.1 Å². The van der Waals surface area contributed by atoms with Gasteiger partial charge in [-0.25, -0.2) is 14.8 Å². The van der Waals surface area contributed by atoms with Gasteiger partial charge in [0, 0.05) is 4.47 Å². The molecule has 4 nitrogen and oxygen atoms in total. The maximum absolute atomic E-state index is 10.8. The van der Waals surface area contributed by atoms with Crippen LogP contribution < -0.4 is 0 Å². The van der Waals surface area contributed by atoms with Crippen molar-refractivity contribution >= 4 is 56.1 Å². The monoisotopic (exact) mass is 320 g/mol. The number of rotatable bonds is 1. The van der Waals surface area contributed by atoms with Gasteiger partial charge in [0.2, 0.25) is 0 Å². The number of aromatic carboxylic acids is 1. The lowest BCUT2D eigenvalue weighted by molar-refractivity contribution is 0.0697. The highest BCUT2D eigenvalue weighted by molar-refractivity contribution is 9.10. The van der Waals surface area contributed by atoms with E-state index in [1.54, 1.807) is 0 Å². The Labute approximate surface area is 108 Å². The van der Waals surface area contributed by atoms with E-state index in [-0.39, 0.29) is 15.9 Å². The van der Waals surface area contributed by atoms with Gasteiger partial charge in [0.25, 0.3) is 0 Å². The summed E-state index contributed by atoms with van der Waals surface area (Å²) in [6.07, 6.45) is 0. The SMILES string of the molecule is O=C(O)c1cc(Br)c2nc(Cl)c(Cl)nc2c1. The fourth-order valence-electron chi connectivity index (χ4n) is 1.20. The van der Waals surface area contributed by atoms with Crippen LogP contribution in [-0.2, 0) is 0 Å². The Hall–Kier alpha value is -0.910. The highest BCUT2D eigenvalue weighted by atomic mass is 79.9. The number of hydrogen-bond acceptors (Lipinski definition) is 3. The zero-order chi connectivity index (χ0) is 11.9. The van der Waals surface area contributed by atoms with Gasteiger partial charge in [-0.1, -0.05) is 23.2 Å². The minimum absolute atomic E-state index is 0.0450. The third-order valence-corrected chi connectivity index (χ3v) is 3.12. The molecule has 0 atom stereocenters. The molecule has 0 bridgehead atoms. The lowest BCUT2D eigenvalue weighted by Crippen LogP contribution is -1.98. The number of nitrogens with zero attached hydrogens (tertiary/aromatic N) is 2. The molecule has 0 spiro atoms. The first-order valence-electron chi connectivity index (χ1n) is 4.04. The summed E-state index contributed by atoms with van der Waals surface area (Å²) in [5, 5.41) is 8.99. The summed E-state index contributed by atoms with van der Waals surface area (Å²) in [7, 11) is 0. The van der Waals surface area contributed by atoms with Crippen LogP contribution in [0.1, 0.15) is 10.4 Å². The Morgan fingerprint density at radius 1 is 1.25 bits per heavy atom.